The van der Waals surface area contributed by atoms with E-state index in [1.807, 2.05) is 0 Å². The molecule has 1 heterocycles. The molecule has 1 fully saturated rings. The van der Waals surface area contributed by atoms with Crippen molar-refractivity contribution in [2.24, 2.45) is 5.92 Å². The van der Waals surface area contributed by atoms with Crippen LogP contribution in [0.25, 0.3) is 0 Å². The lowest BCUT2D eigenvalue weighted by molar-refractivity contribution is -0.392. The molecule has 8 nitrogen and oxygen atoms in total. The van der Waals surface area contributed by atoms with Crippen molar-refractivity contribution in [1.82, 2.24) is 14.1 Å². The van der Waals surface area contributed by atoms with Crippen LogP contribution in [0.4, 0.5) is 5.82 Å². The third-order valence-corrected chi connectivity index (χ3v) is 6.60. The van der Waals surface area contributed by atoms with E-state index in [9.17, 15) is 18.5 Å². The van der Waals surface area contributed by atoms with E-state index in [0.29, 0.717) is 12.5 Å². The van der Waals surface area contributed by atoms with Gasteiger partial charge in [-0.3, -0.25) is 0 Å². The highest BCUT2D eigenvalue weighted by atomic mass is 32.2. The highest BCUT2D eigenvalue weighted by molar-refractivity contribution is 7.89. The number of nitro groups is 1. The molecule has 2 rings (SSSR count). The van der Waals surface area contributed by atoms with E-state index in [1.165, 1.54) is 22.2 Å². The van der Waals surface area contributed by atoms with Crippen molar-refractivity contribution in [1.29, 1.82) is 0 Å². The molecule has 0 radical (unpaired) electrons. The molecule has 1 aromatic heterocycles. The summed E-state index contributed by atoms with van der Waals surface area (Å²) in [5.74, 6) is -0.300. The molecular weight excluding hydrogens is 320 g/mol. The van der Waals surface area contributed by atoms with Crippen molar-refractivity contribution < 1.29 is 13.3 Å². The summed E-state index contributed by atoms with van der Waals surface area (Å²) >= 11 is 0. The minimum absolute atomic E-state index is 0.108. The van der Waals surface area contributed by atoms with Gasteiger partial charge in [-0.2, -0.15) is 8.99 Å². The first-order valence-corrected chi connectivity index (χ1v) is 9.46. The number of sulfonamides is 1. The lowest BCUT2D eigenvalue weighted by atomic mass is 9.83. The molecule has 0 saturated heterocycles. The summed E-state index contributed by atoms with van der Waals surface area (Å²) in [4.78, 5) is 10.1. The number of rotatable bonds is 6. The molecule has 1 aliphatic rings. The molecule has 0 aliphatic heterocycles. The fraction of sp³-hybridized carbons (Fsp3) is 0.786. The van der Waals surface area contributed by atoms with Crippen molar-refractivity contribution in [3.63, 3.8) is 0 Å². The Bertz CT molecular complexity index is 670. The second-order valence-corrected chi connectivity index (χ2v) is 7.94. The Balaban J connectivity index is 2.41. The third kappa shape index (κ3) is 3.40. The van der Waals surface area contributed by atoms with Gasteiger partial charge in [-0.1, -0.05) is 26.2 Å². The van der Waals surface area contributed by atoms with E-state index in [-0.39, 0.29) is 10.9 Å². The quantitative estimate of drug-likeness (QED) is 0.583. The molecule has 1 aliphatic carbocycles. The van der Waals surface area contributed by atoms with Crippen molar-refractivity contribution in [2.75, 3.05) is 7.05 Å². The average molecular weight is 344 g/mol. The van der Waals surface area contributed by atoms with E-state index in [2.05, 4.69) is 12.0 Å². The zero-order valence-corrected chi connectivity index (χ0v) is 14.6. The molecule has 0 spiro atoms. The number of aromatic nitrogens is 2. The summed E-state index contributed by atoms with van der Waals surface area (Å²) in [6.07, 6.45) is 6.05. The average Bonchev–Trinajstić information content (AvgIpc) is 2.99. The maximum atomic E-state index is 12.9. The zero-order valence-electron chi connectivity index (χ0n) is 13.8. The van der Waals surface area contributed by atoms with Crippen LogP contribution in [0.15, 0.2) is 11.1 Å². The van der Waals surface area contributed by atoms with E-state index in [4.69, 9.17) is 0 Å². The number of hydrogen-bond donors (Lipinski definition) is 0. The fourth-order valence-electron chi connectivity index (χ4n) is 3.34. The van der Waals surface area contributed by atoms with Crippen LogP contribution in [-0.4, -0.2) is 40.5 Å². The fourth-order valence-corrected chi connectivity index (χ4v) is 4.88. The van der Waals surface area contributed by atoms with Crippen LogP contribution in [0.1, 0.15) is 46.0 Å². The second-order valence-electron chi connectivity index (χ2n) is 5.97. The Morgan fingerprint density at radius 2 is 2.04 bits per heavy atom. The first-order chi connectivity index (χ1) is 10.8. The van der Waals surface area contributed by atoms with Gasteiger partial charge >= 0.3 is 5.82 Å². The van der Waals surface area contributed by atoms with Gasteiger partial charge in [0, 0.05) is 13.1 Å². The number of aryl methyl sites for hydroxylation is 1. The topological polar surface area (TPSA) is 98.3 Å². The summed E-state index contributed by atoms with van der Waals surface area (Å²) < 4.78 is 28.4. The van der Waals surface area contributed by atoms with Crippen LogP contribution in [0.5, 0.6) is 0 Å². The van der Waals surface area contributed by atoms with E-state index < -0.39 is 20.8 Å². The van der Waals surface area contributed by atoms with Gasteiger partial charge in [-0.25, -0.2) is 8.42 Å². The zero-order chi connectivity index (χ0) is 17.2. The van der Waals surface area contributed by atoms with E-state index >= 15 is 0 Å². The molecular formula is C14H24N4O4S. The van der Waals surface area contributed by atoms with E-state index in [1.54, 1.807) is 6.92 Å². The highest BCUT2D eigenvalue weighted by Crippen LogP contribution is 2.34. The van der Waals surface area contributed by atoms with Crippen molar-refractivity contribution in [2.45, 2.75) is 63.4 Å². The summed E-state index contributed by atoms with van der Waals surface area (Å²) in [6.45, 7) is 4.19. The molecule has 0 unspecified atom stereocenters. The smallest absolute Gasteiger partial charge is 0.358 e. The standard InChI is InChI=1S/C14H24N4O4S/c1-4-11-8-6-7-9-12(11)16(3)23(21,22)13-10-17(5-2)15-14(13)18(19)20/h10-12H,4-9H2,1-3H3/t11-,12-/m0/s1. The Labute approximate surface area is 136 Å². The first kappa shape index (κ1) is 17.9. The summed E-state index contributed by atoms with van der Waals surface area (Å²) in [5, 5.41) is 14.9. The van der Waals surface area contributed by atoms with E-state index in [0.717, 1.165) is 32.1 Å². The largest absolute Gasteiger partial charge is 0.410 e. The predicted octanol–water partition coefficient (Wildman–Crippen LogP) is 2.40. The minimum Gasteiger partial charge on any atom is -0.358 e. The van der Waals surface area contributed by atoms with Crippen molar-refractivity contribution in [3.05, 3.63) is 16.3 Å². The molecule has 23 heavy (non-hydrogen) atoms. The maximum absolute atomic E-state index is 12.9. The summed E-state index contributed by atoms with van der Waals surface area (Å²) in [7, 11) is -2.41. The molecule has 9 heteroatoms. The monoisotopic (exact) mass is 344 g/mol. The van der Waals surface area contributed by atoms with Crippen LogP contribution in [0, 0.1) is 16.0 Å². The summed E-state index contributed by atoms with van der Waals surface area (Å²) in [6, 6.07) is -0.108. The molecule has 2 atom stereocenters. The third-order valence-electron chi connectivity index (χ3n) is 4.72. The van der Waals surface area contributed by atoms with Gasteiger partial charge in [-0.05, 0) is 30.6 Å². The van der Waals surface area contributed by atoms with Gasteiger partial charge in [-0.15, -0.1) is 0 Å². The Morgan fingerprint density at radius 3 is 2.61 bits per heavy atom. The van der Waals surface area contributed by atoms with Gasteiger partial charge in [0.1, 0.15) is 0 Å². The molecule has 1 aromatic rings. The lowest BCUT2D eigenvalue weighted by Crippen LogP contribution is -2.43. The lowest BCUT2D eigenvalue weighted by Gasteiger charge is -2.36. The molecule has 0 bridgehead atoms. The molecule has 0 aromatic carbocycles. The Hall–Kier alpha value is -1.48. The Kier molecular flexibility index (Phi) is 5.41. The molecule has 0 amide bonds. The van der Waals surface area contributed by atoms with Gasteiger partial charge in [0.15, 0.2) is 0 Å². The Morgan fingerprint density at radius 1 is 1.39 bits per heavy atom. The molecule has 0 N–H and O–H groups in total. The number of nitrogens with zero attached hydrogens (tertiary/aromatic N) is 4. The van der Waals surface area contributed by atoms with Crippen LogP contribution >= 0.6 is 0 Å². The van der Waals surface area contributed by atoms with Crippen LogP contribution in [0.2, 0.25) is 0 Å². The molecule has 130 valence electrons. The van der Waals surface area contributed by atoms with Crippen molar-refractivity contribution >= 4 is 15.8 Å². The van der Waals surface area contributed by atoms with Gasteiger partial charge in [0.05, 0.1) is 17.8 Å². The summed E-state index contributed by atoms with van der Waals surface area (Å²) in [5.41, 5.74) is 0. The predicted molar refractivity (Wildman–Crippen MR) is 85.5 cm³/mol. The van der Waals surface area contributed by atoms with Gasteiger partial charge in [0.25, 0.3) is 10.0 Å². The van der Waals surface area contributed by atoms with Crippen LogP contribution in [-0.2, 0) is 16.6 Å². The second kappa shape index (κ2) is 6.96. The van der Waals surface area contributed by atoms with Gasteiger partial charge < -0.3 is 10.1 Å². The van der Waals surface area contributed by atoms with Crippen molar-refractivity contribution in [3.8, 4) is 0 Å². The van der Waals surface area contributed by atoms with Crippen LogP contribution in [0.3, 0.4) is 0 Å². The van der Waals surface area contributed by atoms with Gasteiger partial charge in [0.2, 0.25) is 4.90 Å². The normalized spacial score (nSPS) is 22.4. The number of hydrogen-bond acceptors (Lipinski definition) is 5. The minimum atomic E-state index is -3.94. The maximum Gasteiger partial charge on any atom is 0.410 e. The first-order valence-electron chi connectivity index (χ1n) is 8.02. The SMILES string of the molecule is CC[C@H]1CCCC[C@@H]1N(C)S(=O)(=O)c1cn(CC)nc1[N+](=O)[O-]. The molecule has 1 saturated carbocycles. The highest BCUT2D eigenvalue weighted by Gasteiger charge is 2.39. The van der Waals surface area contributed by atoms with Crippen LogP contribution < -0.4 is 0 Å².